The van der Waals surface area contributed by atoms with E-state index in [1.165, 1.54) is 0 Å². The monoisotopic (exact) mass is 239 g/mol. The van der Waals surface area contributed by atoms with Crippen molar-refractivity contribution in [3.63, 3.8) is 0 Å². The fourth-order valence-corrected chi connectivity index (χ4v) is 1.71. The summed E-state index contributed by atoms with van der Waals surface area (Å²) in [6.07, 6.45) is 1.66. The Balaban J connectivity index is 2.42. The van der Waals surface area contributed by atoms with Gasteiger partial charge in [0.05, 0.1) is 6.20 Å². The molecule has 0 saturated heterocycles. The van der Waals surface area contributed by atoms with Crippen LogP contribution in [0.4, 0.5) is 0 Å². The molecule has 0 amide bonds. The van der Waals surface area contributed by atoms with Gasteiger partial charge in [0.1, 0.15) is 11.3 Å². The first kappa shape index (κ1) is 11.3. The Morgan fingerprint density at radius 2 is 2.12 bits per heavy atom. The molecule has 16 heavy (non-hydrogen) atoms. The van der Waals surface area contributed by atoms with Crippen molar-refractivity contribution in [2.24, 2.45) is 0 Å². The second kappa shape index (κ2) is 4.35. The molecule has 0 saturated carbocycles. The van der Waals surface area contributed by atoms with Crippen LogP contribution in [-0.4, -0.2) is 45.1 Å². The van der Waals surface area contributed by atoms with Crippen molar-refractivity contribution in [1.82, 2.24) is 24.4 Å². The number of aryl methyl sites for hydroxylation is 1. The number of fused-ring (bicyclic) bond motifs is 1. The Morgan fingerprint density at radius 1 is 1.38 bits per heavy atom. The van der Waals surface area contributed by atoms with Crippen LogP contribution in [0.15, 0.2) is 6.20 Å². The standard InChI is InChI=1S/C10H14ClN5/c1-7-13-8-6-12-10(11)14-9(8)16(7)5-4-15(2)3/h6H,4-5H2,1-3H3. The fraction of sp³-hybridized carbons (Fsp3) is 0.500. The predicted octanol–water partition coefficient (Wildman–Crippen LogP) is 1.35. The van der Waals surface area contributed by atoms with Crippen molar-refractivity contribution < 1.29 is 0 Å². The van der Waals surface area contributed by atoms with Crippen LogP contribution in [0.1, 0.15) is 5.82 Å². The van der Waals surface area contributed by atoms with Crippen LogP contribution in [0.3, 0.4) is 0 Å². The maximum atomic E-state index is 5.79. The lowest BCUT2D eigenvalue weighted by atomic mass is 10.5. The van der Waals surface area contributed by atoms with Crippen molar-refractivity contribution >= 4 is 22.8 Å². The minimum absolute atomic E-state index is 0.263. The van der Waals surface area contributed by atoms with Gasteiger partial charge in [-0.2, -0.15) is 4.98 Å². The van der Waals surface area contributed by atoms with Crippen molar-refractivity contribution in [3.05, 3.63) is 17.3 Å². The average molecular weight is 240 g/mol. The smallest absolute Gasteiger partial charge is 0.224 e. The van der Waals surface area contributed by atoms with Gasteiger partial charge >= 0.3 is 0 Å². The summed E-state index contributed by atoms with van der Waals surface area (Å²) >= 11 is 5.79. The maximum absolute atomic E-state index is 5.79. The zero-order valence-electron chi connectivity index (χ0n) is 9.61. The number of nitrogens with zero attached hydrogens (tertiary/aromatic N) is 5. The molecule has 5 nitrogen and oxygen atoms in total. The lowest BCUT2D eigenvalue weighted by Crippen LogP contribution is -2.19. The number of halogens is 1. The zero-order chi connectivity index (χ0) is 11.7. The van der Waals surface area contributed by atoms with E-state index in [1.54, 1.807) is 6.20 Å². The molecule has 2 aromatic heterocycles. The van der Waals surface area contributed by atoms with Gasteiger partial charge in [-0.05, 0) is 32.6 Å². The molecule has 2 heterocycles. The van der Waals surface area contributed by atoms with E-state index >= 15 is 0 Å². The first-order chi connectivity index (χ1) is 7.58. The van der Waals surface area contributed by atoms with E-state index in [-0.39, 0.29) is 5.28 Å². The Bertz CT molecular complexity index is 505. The molecule has 0 N–H and O–H groups in total. The normalized spacial score (nSPS) is 11.6. The number of likely N-dealkylation sites (N-methyl/N-ethyl adjacent to an activating group) is 1. The van der Waals surface area contributed by atoms with Crippen LogP contribution < -0.4 is 0 Å². The number of rotatable bonds is 3. The highest BCUT2D eigenvalue weighted by Gasteiger charge is 2.09. The van der Waals surface area contributed by atoms with Crippen LogP contribution in [0.5, 0.6) is 0 Å². The molecule has 0 fully saturated rings. The van der Waals surface area contributed by atoms with Gasteiger partial charge in [0.25, 0.3) is 0 Å². The minimum Gasteiger partial charge on any atom is -0.311 e. The molecular weight excluding hydrogens is 226 g/mol. The quantitative estimate of drug-likeness (QED) is 0.759. The Morgan fingerprint density at radius 3 is 2.81 bits per heavy atom. The van der Waals surface area contributed by atoms with E-state index in [0.29, 0.717) is 0 Å². The average Bonchev–Trinajstić information content (AvgIpc) is 2.51. The number of imidazole rings is 1. The van der Waals surface area contributed by atoms with Gasteiger partial charge in [-0.3, -0.25) is 0 Å². The molecular formula is C10H14ClN5. The second-order valence-corrected chi connectivity index (χ2v) is 4.30. The van der Waals surface area contributed by atoms with E-state index in [4.69, 9.17) is 11.6 Å². The molecule has 0 bridgehead atoms. The molecule has 86 valence electrons. The third-order valence-corrected chi connectivity index (χ3v) is 2.60. The van der Waals surface area contributed by atoms with E-state index in [1.807, 2.05) is 21.0 Å². The highest BCUT2D eigenvalue weighted by molar-refractivity contribution is 6.28. The summed E-state index contributed by atoms with van der Waals surface area (Å²) in [6, 6.07) is 0. The van der Waals surface area contributed by atoms with Crippen molar-refractivity contribution in [2.45, 2.75) is 13.5 Å². The summed E-state index contributed by atoms with van der Waals surface area (Å²) in [5.74, 6) is 0.938. The highest BCUT2D eigenvalue weighted by Crippen LogP contribution is 2.14. The third-order valence-electron chi connectivity index (χ3n) is 2.42. The molecule has 6 heteroatoms. The summed E-state index contributed by atoms with van der Waals surface area (Å²) in [4.78, 5) is 14.6. The lowest BCUT2D eigenvalue weighted by Gasteiger charge is -2.11. The van der Waals surface area contributed by atoms with Gasteiger partial charge in [0, 0.05) is 13.1 Å². The zero-order valence-corrected chi connectivity index (χ0v) is 10.4. The fourth-order valence-electron chi connectivity index (χ4n) is 1.58. The van der Waals surface area contributed by atoms with Gasteiger partial charge in [-0.15, -0.1) is 0 Å². The highest BCUT2D eigenvalue weighted by atomic mass is 35.5. The van der Waals surface area contributed by atoms with Crippen LogP contribution >= 0.6 is 11.6 Å². The molecule has 0 aromatic carbocycles. The van der Waals surface area contributed by atoms with E-state index < -0.39 is 0 Å². The minimum atomic E-state index is 0.263. The molecule has 0 atom stereocenters. The van der Waals surface area contributed by atoms with Crippen molar-refractivity contribution in [1.29, 1.82) is 0 Å². The predicted molar refractivity (Wildman–Crippen MR) is 63.6 cm³/mol. The van der Waals surface area contributed by atoms with Crippen molar-refractivity contribution in [3.8, 4) is 0 Å². The maximum Gasteiger partial charge on any atom is 0.224 e. The van der Waals surface area contributed by atoms with Gasteiger partial charge in [0.15, 0.2) is 5.65 Å². The first-order valence-corrected chi connectivity index (χ1v) is 5.46. The largest absolute Gasteiger partial charge is 0.311 e. The van der Waals surface area contributed by atoms with Gasteiger partial charge in [0.2, 0.25) is 5.28 Å². The molecule has 0 aliphatic heterocycles. The van der Waals surface area contributed by atoms with Crippen molar-refractivity contribution in [2.75, 3.05) is 20.6 Å². The molecule has 0 aliphatic carbocycles. The third kappa shape index (κ3) is 2.15. The topological polar surface area (TPSA) is 46.8 Å². The summed E-state index contributed by atoms with van der Waals surface area (Å²) in [5.41, 5.74) is 1.60. The molecule has 0 unspecified atom stereocenters. The van der Waals surface area contributed by atoms with Crippen LogP contribution in [0.25, 0.3) is 11.2 Å². The summed E-state index contributed by atoms with van der Waals surface area (Å²) in [5, 5.41) is 0.263. The summed E-state index contributed by atoms with van der Waals surface area (Å²) in [7, 11) is 4.08. The molecule has 2 rings (SSSR count). The van der Waals surface area contributed by atoms with Gasteiger partial charge in [-0.25, -0.2) is 9.97 Å². The molecule has 0 radical (unpaired) electrons. The Hall–Kier alpha value is -1.20. The SMILES string of the molecule is Cc1nc2cnc(Cl)nc2n1CCN(C)C. The lowest BCUT2D eigenvalue weighted by molar-refractivity contribution is 0.384. The van der Waals surface area contributed by atoms with Gasteiger partial charge < -0.3 is 9.47 Å². The Labute approximate surface area is 99.1 Å². The molecule has 2 aromatic rings. The Kier molecular flexibility index (Phi) is 3.07. The van der Waals surface area contributed by atoms with Crippen LogP contribution in [0.2, 0.25) is 5.28 Å². The van der Waals surface area contributed by atoms with Gasteiger partial charge in [-0.1, -0.05) is 0 Å². The number of hydrogen-bond acceptors (Lipinski definition) is 4. The summed E-state index contributed by atoms with van der Waals surface area (Å²) in [6.45, 7) is 3.75. The number of aromatic nitrogens is 4. The van der Waals surface area contributed by atoms with E-state index in [9.17, 15) is 0 Å². The summed E-state index contributed by atoms with van der Waals surface area (Å²) < 4.78 is 2.06. The van der Waals surface area contributed by atoms with Crippen LogP contribution in [-0.2, 0) is 6.54 Å². The molecule has 0 spiro atoms. The second-order valence-electron chi connectivity index (χ2n) is 3.96. The van der Waals surface area contributed by atoms with Crippen LogP contribution in [0, 0.1) is 6.92 Å². The van der Waals surface area contributed by atoms with E-state index in [2.05, 4.69) is 24.4 Å². The molecule has 0 aliphatic rings. The first-order valence-electron chi connectivity index (χ1n) is 5.08. The number of hydrogen-bond donors (Lipinski definition) is 0. The van der Waals surface area contributed by atoms with E-state index in [0.717, 1.165) is 30.1 Å².